The van der Waals surface area contributed by atoms with Crippen LogP contribution >= 0.6 is 0 Å². The lowest BCUT2D eigenvalue weighted by molar-refractivity contribution is -0.185. The molecule has 2 aliphatic rings. The minimum atomic E-state index is -0.914. The van der Waals surface area contributed by atoms with Crippen molar-refractivity contribution in [1.82, 2.24) is 19.6 Å². The van der Waals surface area contributed by atoms with Crippen LogP contribution in [0.4, 0.5) is 0 Å². The molecule has 2 atom stereocenters. The molecule has 2 unspecified atom stereocenters. The topological polar surface area (TPSA) is 116 Å². The summed E-state index contributed by atoms with van der Waals surface area (Å²) in [7, 11) is 1.58. The first-order valence-electron chi connectivity index (χ1n) is 13.7. The van der Waals surface area contributed by atoms with Gasteiger partial charge in [-0.15, -0.1) is 5.10 Å². The third kappa shape index (κ3) is 4.98. The van der Waals surface area contributed by atoms with E-state index in [0.717, 1.165) is 48.8 Å². The Labute approximate surface area is 222 Å². The second-order valence-electron chi connectivity index (χ2n) is 10.6. The number of aromatic nitrogens is 4. The summed E-state index contributed by atoms with van der Waals surface area (Å²) in [5.74, 6) is 0.311. The van der Waals surface area contributed by atoms with Gasteiger partial charge in [0.05, 0.1) is 7.11 Å². The maximum atomic E-state index is 13.5. The van der Waals surface area contributed by atoms with Crippen LogP contribution in [0, 0.1) is 11.8 Å². The second kappa shape index (κ2) is 10.7. The van der Waals surface area contributed by atoms with Gasteiger partial charge in [0, 0.05) is 31.3 Å². The maximum absolute atomic E-state index is 13.5. The lowest BCUT2D eigenvalue weighted by atomic mass is 9.73. The van der Waals surface area contributed by atoms with Gasteiger partial charge in [-0.25, -0.2) is 9.50 Å². The normalized spacial score (nSPS) is 22.2. The number of hydrogen-bond donors (Lipinski definition) is 1. The van der Waals surface area contributed by atoms with Crippen molar-refractivity contribution >= 4 is 17.5 Å². The largest absolute Gasteiger partial charge is 0.508 e. The number of carbonyl (C=O) groups excluding carboxylic acids is 2. The molecule has 9 heteroatoms. The van der Waals surface area contributed by atoms with Gasteiger partial charge in [-0.2, -0.15) is 4.98 Å². The number of esters is 1. The van der Waals surface area contributed by atoms with Gasteiger partial charge in [0.25, 0.3) is 5.78 Å². The Morgan fingerprint density at radius 1 is 1.16 bits per heavy atom. The molecule has 0 amide bonds. The van der Waals surface area contributed by atoms with Gasteiger partial charge in [-0.1, -0.05) is 26.7 Å². The van der Waals surface area contributed by atoms with Crippen LogP contribution in [0.15, 0.2) is 24.5 Å². The third-order valence-corrected chi connectivity index (χ3v) is 8.32. The number of carbonyl (C=O) groups is 2. The van der Waals surface area contributed by atoms with Crippen molar-refractivity contribution in [3.05, 3.63) is 47.0 Å². The number of nitrogens with zero attached hydrogens (tertiary/aromatic N) is 4. The molecule has 0 radical (unpaired) electrons. The van der Waals surface area contributed by atoms with Gasteiger partial charge in [-0.3, -0.25) is 9.59 Å². The first-order chi connectivity index (χ1) is 18.4. The molecule has 3 aromatic rings. The molecule has 3 heterocycles. The molecule has 202 valence electrons. The van der Waals surface area contributed by atoms with Crippen molar-refractivity contribution in [3.63, 3.8) is 0 Å². The van der Waals surface area contributed by atoms with Crippen molar-refractivity contribution in [2.45, 2.75) is 83.7 Å². The van der Waals surface area contributed by atoms with E-state index in [0.29, 0.717) is 36.6 Å². The summed E-state index contributed by atoms with van der Waals surface area (Å²) >= 11 is 0. The van der Waals surface area contributed by atoms with Gasteiger partial charge in [0.1, 0.15) is 23.0 Å². The van der Waals surface area contributed by atoms with Crippen LogP contribution in [0.3, 0.4) is 0 Å². The van der Waals surface area contributed by atoms with E-state index in [9.17, 15) is 14.7 Å². The van der Waals surface area contributed by atoms with Gasteiger partial charge in [-0.05, 0) is 67.2 Å². The summed E-state index contributed by atoms with van der Waals surface area (Å²) in [6.07, 6.45) is 10.6. The number of cyclic esters (lactones) is 1. The molecule has 0 bridgehead atoms. The number of methoxy groups -OCH3 is 1. The Hall–Kier alpha value is -3.49. The summed E-state index contributed by atoms with van der Waals surface area (Å²) in [5, 5.41) is 14.7. The first-order valence-corrected chi connectivity index (χ1v) is 13.7. The van der Waals surface area contributed by atoms with E-state index in [1.165, 1.54) is 0 Å². The number of rotatable bonds is 9. The van der Waals surface area contributed by atoms with Crippen LogP contribution in [-0.4, -0.2) is 49.2 Å². The molecule has 2 fully saturated rings. The monoisotopic (exact) mass is 520 g/mol. The summed E-state index contributed by atoms with van der Waals surface area (Å²) in [6, 6.07) is 3.60. The molecule has 38 heavy (non-hydrogen) atoms. The number of fused-ring (bicyclic) bond motifs is 1. The van der Waals surface area contributed by atoms with Crippen molar-refractivity contribution in [3.8, 4) is 11.5 Å². The standard InChI is InChI=1S/C29H36N4O5/c1-4-18-16-30-28-31-26(32-33(28)17-18)13-22-24(35)15-29(38-27(22)36,21-8-6-7-9-21)11-10-20-12-19(5-2)23(34)14-25(20)37-3/h12,14,16-17,21-22,34H,4-11,13,15H2,1-3H3. The van der Waals surface area contributed by atoms with Gasteiger partial charge in [0.2, 0.25) is 0 Å². The molecular weight excluding hydrogens is 484 g/mol. The molecule has 1 saturated heterocycles. The Kier molecular flexibility index (Phi) is 7.36. The fraction of sp³-hybridized carbons (Fsp3) is 0.552. The quantitative estimate of drug-likeness (QED) is 0.330. The molecule has 1 saturated carbocycles. The Bertz CT molecular complexity index is 1330. The molecule has 2 aromatic heterocycles. The van der Waals surface area contributed by atoms with Gasteiger partial charge < -0.3 is 14.6 Å². The number of ketones is 1. The van der Waals surface area contributed by atoms with Crippen LogP contribution in [0.1, 0.15) is 74.9 Å². The number of ether oxygens (including phenoxy) is 2. The Balaban J connectivity index is 1.37. The lowest BCUT2D eigenvalue weighted by Crippen LogP contribution is -2.52. The molecule has 9 nitrogen and oxygen atoms in total. The number of aromatic hydroxyl groups is 1. The SMILES string of the molecule is CCc1cnc2nc(CC3C(=O)CC(CCc4cc(CC)c(O)cc4OC)(C4CCCC4)OC3=O)nn2c1. The molecule has 1 aliphatic carbocycles. The number of phenols is 1. The number of phenolic OH excluding ortho intramolecular Hbond substituents is 1. The highest BCUT2D eigenvalue weighted by atomic mass is 16.6. The number of benzene rings is 1. The highest BCUT2D eigenvalue weighted by Gasteiger charge is 2.51. The molecular formula is C29H36N4O5. The molecule has 1 aliphatic heterocycles. The Morgan fingerprint density at radius 2 is 1.95 bits per heavy atom. The zero-order valence-corrected chi connectivity index (χ0v) is 22.4. The first kappa shape index (κ1) is 26.1. The van der Waals surface area contributed by atoms with Crippen molar-refractivity contribution in [2.75, 3.05) is 7.11 Å². The van der Waals surface area contributed by atoms with E-state index in [4.69, 9.17) is 9.47 Å². The maximum Gasteiger partial charge on any atom is 0.317 e. The molecule has 0 spiro atoms. The summed E-state index contributed by atoms with van der Waals surface area (Å²) in [5.41, 5.74) is 1.98. The third-order valence-electron chi connectivity index (χ3n) is 8.32. The molecule has 5 rings (SSSR count). The minimum absolute atomic E-state index is 0.106. The van der Waals surface area contributed by atoms with E-state index >= 15 is 0 Å². The van der Waals surface area contributed by atoms with E-state index < -0.39 is 17.5 Å². The van der Waals surface area contributed by atoms with Crippen LogP contribution < -0.4 is 4.74 Å². The molecule has 1 aromatic carbocycles. The van der Waals surface area contributed by atoms with Crippen molar-refractivity contribution < 1.29 is 24.2 Å². The average Bonchev–Trinajstić information content (AvgIpc) is 3.60. The number of aryl methyl sites for hydroxylation is 3. The van der Waals surface area contributed by atoms with Crippen LogP contribution in [0.25, 0.3) is 5.78 Å². The van der Waals surface area contributed by atoms with Gasteiger partial charge >= 0.3 is 5.97 Å². The zero-order chi connectivity index (χ0) is 26.9. The van der Waals surface area contributed by atoms with Crippen molar-refractivity contribution in [2.24, 2.45) is 11.8 Å². The highest BCUT2D eigenvalue weighted by Crippen LogP contribution is 2.45. The molecule has 1 N–H and O–H groups in total. The van der Waals surface area contributed by atoms with E-state index in [1.54, 1.807) is 23.9 Å². The van der Waals surface area contributed by atoms with E-state index in [1.807, 2.05) is 26.1 Å². The number of hydrogen-bond acceptors (Lipinski definition) is 8. The second-order valence-corrected chi connectivity index (χ2v) is 10.6. The van der Waals surface area contributed by atoms with Crippen LogP contribution in [0.5, 0.6) is 11.5 Å². The average molecular weight is 521 g/mol. The lowest BCUT2D eigenvalue weighted by Gasteiger charge is -2.43. The predicted octanol–water partition coefficient (Wildman–Crippen LogP) is 4.20. The van der Waals surface area contributed by atoms with Crippen LogP contribution in [-0.2, 0) is 40.0 Å². The highest BCUT2D eigenvalue weighted by molar-refractivity contribution is 6.01. The number of Topliss-reactive ketones (excluding diaryl/α,β-unsaturated/α-hetero) is 1. The van der Waals surface area contributed by atoms with Gasteiger partial charge in [0.15, 0.2) is 11.6 Å². The summed E-state index contributed by atoms with van der Waals surface area (Å²) in [4.78, 5) is 35.7. The summed E-state index contributed by atoms with van der Waals surface area (Å²) in [6.45, 7) is 4.03. The Morgan fingerprint density at radius 3 is 2.63 bits per heavy atom. The predicted molar refractivity (Wildman–Crippen MR) is 140 cm³/mol. The minimum Gasteiger partial charge on any atom is -0.508 e. The zero-order valence-electron chi connectivity index (χ0n) is 22.4. The summed E-state index contributed by atoms with van der Waals surface area (Å²) < 4.78 is 13.4. The fourth-order valence-corrected chi connectivity index (χ4v) is 6.07. The smallest absolute Gasteiger partial charge is 0.317 e. The van der Waals surface area contributed by atoms with E-state index in [2.05, 4.69) is 15.1 Å². The van der Waals surface area contributed by atoms with Crippen LogP contribution in [0.2, 0.25) is 0 Å². The van der Waals surface area contributed by atoms with Crippen molar-refractivity contribution in [1.29, 1.82) is 0 Å². The van der Waals surface area contributed by atoms with E-state index in [-0.39, 0.29) is 30.3 Å². The fourth-order valence-electron chi connectivity index (χ4n) is 6.07.